The highest BCUT2D eigenvalue weighted by molar-refractivity contribution is 4.76. The molecule has 0 aliphatic carbocycles. The lowest BCUT2D eigenvalue weighted by Gasteiger charge is -2.30. The first kappa shape index (κ1) is 18.0. The molecule has 1 N–H and O–H groups in total. The zero-order valence-corrected chi connectivity index (χ0v) is 11.8. The van der Waals surface area contributed by atoms with Crippen LogP contribution in [0.3, 0.4) is 0 Å². The minimum atomic E-state index is -0.373. The first-order valence-corrected chi connectivity index (χ1v) is 6.46. The Balaban J connectivity index is 3.89. The van der Waals surface area contributed by atoms with E-state index in [1.165, 1.54) is 12.5 Å². The van der Waals surface area contributed by atoms with Crippen molar-refractivity contribution in [2.24, 2.45) is 5.41 Å². The van der Waals surface area contributed by atoms with Crippen molar-refractivity contribution in [2.45, 2.75) is 13.3 Å². The maximum Gasteiger partial charge on any atom is 0.111 e. The Kier molecular flexibility index (Phi) is 11.4. The van der Waals surface area contributed by atoms with Gasteiger partial charge in [-0.3, -0.25) is 0 Å². The standard InChI is InChI=1S/C14H26O5/c1-4-14(11-15,12-18-9-7-16-5-2)13-19-10-8-17-6-3/h5-6,15H,2-4,7-13H2,1H3. The smallest absolute Gasteiger partial charge is 0.111 e. The van der Waals surface area contributed by atoms with Crippen LogP contribution in [0.25, 0.3) is 0 Å². The fraction of sp³-hybridized carbons (Fsp3) is 0.714. The van der Waals surface area contributed by atoms with Gasteiger partial charge in [-0.2, -0.15) is 0 Å². The summed E-state index contributed by atoms with van der Waals surface area (Å²) < 4.78 is 20.9. The lowest BCUT2D eigenvalue weighted by molar-refractivity contribution is -0.0632. The van der Waals surface area contributed by atoms with Crippen LogP contribution in [0.4, 0.5) is 0 Å². The van der Waals surface area contributed by atoms with Gasteiger partial charge in [0.05, 0.1) is 45.6 Å². The highest BCUT2D eigenvalue weighted by Crippen LogP contribution is 2.22. The van der Waals surface area contributed by atoms with Crippen molar-refractivity contribution in [1.29, 1.82) is 0 Å². The maximum atomic E-state index is 9.53. The SMILES string of the molecule is C=COCCOCC(CC)(CO)COCCOC=C. The summed E-state index contributed by atoms with van der Waals surface area (Å²) in [4.78, 5) is 0. The molecule has 5 heteroatoms. The molecule has 0 aromatic carbocycles. The van der Waals surface area contributed by atoms with Gasteiger partial charge >= 0.3 is 0 Å². The van der Waals surface area contributed by atoms with Gasteiger partial charge in [0.15, 0.2) is 0 Å². The molecule has 0 aliphatic heterocycles. The Bertz CT molecular complexity index is 206. The molecule has 19 heavy (non-hydrogen) atoms. The molecule has 0 radical (unpaired) electrons. The molecular weight excluding hydrogens is 248 g/mol. The third-order valence-corrected chi connectivity index (χ3v) is 2.83. The van der Waals surface area contributed by atoms with E-state index in [9.17, 15) is 5.11 Å². The second-order valence-corrected chi connectivity index (χ2v) is 4.19. The van der Waals surface area contributed by atoms with Crippen molar-refractivity contribution < 1.29 is 24.1 Å². The highest BCUT2D eigenvalue weighted by atomic mass is 16.5. The van der Waals surface area contributed by atoms with Crippen LogP contribution in [0.5, 0.6) is 0 Å². The van der Waals surface area contributed by atoms with Gasteiger partial charge in [0.25, 0.3) is 0 Å². The summed E-state index contributed by atoms with van der Waals surface area (Å²) in [6, 6.07) is 0. The molecule has 0 spiro atoms. The van der Waals surface area contributed by atoms with E-state index < -0.39 is 0 Å². The molecule has 5 nitrogen and oxygen atoms in total. The van der Waals surface area contributed by atoms with Crippen LogP contribution in [0.15, 0.2) is 25.7 Å². The fourth-order valence-electron chi connectivity index (χ4n) is 1.41. The van der Waals surface area contributed by atoms with Crippen LogP contribution in [0, 0.1) is 5.41 Å². The maximum absolute atomic E-state index is 9.53. The Labute approximate surface area is 115 Å². The van der Waals surface area contributed by atoms with E-state index in [4.69, 9.17) is 18.9 Å². The van der Waals surface area contributed by atoms with Gasteiger partial charge in [0.1, 0.15) is 13.2 Å². The van der Waals surface area contributed by atoms with E-state index in [-0.39, 0.29) is 12.0 Å². The third-order valence-electron chi connectivity index (χ3n) is 2.83. The molecule has 0 aliphatic rings. The molecule has 0 saturated carbocycles. The van der Waals surface area contributed by atoms with Crippen LogP contribution in [0.2, 0.25) is 0 Å². The summed E-state index contributed by atoms with van der Waals surface area (Å²) in [6.45, 7) is 11.6. The van der Waals surface area contributed by atoms with Gasteiger partial charge in [-0.05, 0) is 6.42 Å². The van der Waals surface area contributed by atoms with Crippen molar-refractivity contribution >= 4 is 0 Å². The van der Waals surface area contributed by atoms with Crippen LogP contribution in [-0.2, 0) is 18.9 Å². The quantitative estimate of drug-likeness (QED) is 0.386. The van der Waals surface area contributed by atoms with E-state index in [2.05, 4.69) is 13.2 Å². The molecule has 0 aromatic heterocycles. The lowest BCUT2D eigenvalue weighted by Crippen LogP contribution is -2.36. The van der Waals surface area contributed by atoms with Crippen molar-refractivity contribution in [3.63, 3.8) is 0 Å². The van der Waals surface area contributed by atoms with Gasteiger partial charge in [0, 0.05) is 5.41 Å². The molecule has 0 rings (SSSR count). The van der Waals surface area contributed by atoms with Crippen LogP contribution < -0.4 is 0 Å². The topological polar surface area (TPSA) is 57.2 Å². The lowest BCUT2D eigenvalue weighted by atomic mass is 9.88. The summed E-state index contributed by atoms with van der Waals surface area (Å²) in [5, 5.41) is 9.53. The predicted octanol–water partition coefficient (Wildman–Crippen LogP) is 1.73. The molecule has 0 amide bonds. The minimum absolute atomic E-state index is 0.0220. The minimum Gasteiger partial charge on any atom is -0.499 e. The molecule has 0 aromatic rings. The summed E-state index contributed by atoms with van der Waals surface area (Å²) in [5.74, 6) is 0. The second kappa shape index (κ2) is 12.0. The number of aliphatic hydroxyl groups is 1. The molecule has 0 bridgehead atoms. The summed E-state index contributed by atoms with van der Waals surface area (Å²) >= 11 is 0. The van der Waals surface area contributed by atoms with Crippen molar-refractivity contribution in [3.05, 3.63) is 25.7 Å². The zero-order valence-electron chi connectivity index (χ0n) is 11.8. The Morgan fingerprint density at radius 3 is 1.74 bits per heavy atom. The van der Waals surface area contributed by atoms with Crippen LogP contribution in [0.1, 0.15) is 13.3 Å². The number of hydrogen-bond donors (Lipinski definition) is 1. The highest BCUT2D eigenvalue weighted by Gasteiger charge is 2.28. The van der Waals surface area contributed by atoms with E-state index in [0.717, 1.165) is 6.42 Å². The van der Waals surface area contributed by atoms with Gasteiger partial charge < -0.3 is 24.1 Å². The Morgan fingerprint density at radius 1 is 0.947 bits per heavy atom. The van der Waals surface area contributed by atoms with Gasteiger partial charge in [-0.1, -0.05) is 20.1 Å². The van der Waals surface area contributed by atoms with Crippen LogP contribution >= 0.6 is 0 Å². The van der Waals surface area contributed by atoms with E-state index in [0.29, 0.717) is 39.6 Å². The normalized spacial score (nSPS) is 11.1. The second-order valence-electron chi connectivity index (χ2n) is 4.19. The Hall–Kier alpha value is -1.04. The molecule has 0 heterocycles. The third kappa shape index (κ3) is 8.64. The summed E-state index contributed by atoms with van der Waals surface area (Å²) in [6.07, 6.45) is 3.53. The summed E-state index contributed by atoms with van der Waals surface area (Å²) in [5.41, 5.74) is -0.373. The van der Waals surface area contributed by atoms with Crippen LogP contribution in [-0.4, -0.2) is 51.4 Å². The van der Waals surface area contributed by atoms with E-state index in [1.807, 2.05) is 6.92 Å². The molecule has 0 saturated heterocycles. The predicted molar refractivity (Wildman–Crippen MR) is 73.7 cm³/mol. The van der Waals surface area contributed by atoms with Crippen molar-refractivity contribution in [2.75, 3.05) is 46.2 Å². The molecular formula is C14H26O5. The average molecular weight is 274 g/mol. The molecule has 0 atom stereocenters. The summed E-state index contributed by atoms with van der Waals surface area (Å²) in [7, 11) is 0. The van der Waals surface area contributed by atoms with E-state index >= 15 is 0 Å². The fourth-order valence-corrected chi connectivity index (χ4v) is 1.41. The molecule has 112 valence electrons. The van der Waals surface area contributed by atoms with Gasteiger partial charge in [-0.15, -0.1) is 0 Å². The number of aliphatic hydroxyl groups excluding tert-OH is 1. The largest absolute Gasteiger partial charge is 0.499 e. The number of rotatable bonds is 14. The zero-order chi connectivity index (χ0) is 14.4. The first-order chi connectivity index (χ1) is 9.24. The average Bonchev–Trinajstić information content (AvgIpc) is 2.45. The van der Waals surface area contributed by atoms with Gasteiger partial charge in [0.2, 0.25) is 0 Å². The van der Waals surface area contributed by atoms with Crippen molar-refractivity contribution in [3.8, 4) is 0 Å². The molecule has 0 fully saturated rings. The van der Waals surface area contributed by atoms with Gasteiger partial charge in [-0.25, -0.2) is 0 Å². The van der Waals surface area contributed by atoms with Crippen molar-refractivity contribution in [1.82, 2.24) is 0 Å². The molecule has 0 unspecified atom stereocenters. The number of hydrogen-bond acceptors (Lipinski definition) is 5. The first-order valence-electron chi connectivity index (χ1n) is 6.46. The van der Waals surface area contributed by atoms with E-state index in [1.54, 1.807) is 0 Å². The monoisotopic (exact) mass is 274 g/mol. The Morgan fingerprint density at radius 2 is 1.42 bits per heavy atom. The number of ether oxygens (including phenoxy) is 4.